The molecule has 3 aromatic rings. The fourth-order valence-electron chi connectivity index (χ4n) is 2.21. The lowest BCUT2D eigenvalue weighted by Crippen LogP contribution is -2.28. The highest BCUT2D eigenvalue weighted by Crippen LogP contribution is 2.32. The van der Waals surface area contributed by atoms with E-state index in [0.717, 1.165) is 11.0 Å². The van der Waals surface area contributed by atoms with Gasteiger partial charge < -0.3 is 5.11 Å². The van der Waals surface area contributed by atoms with Crippen LogP contribution in [0.5, 0.6) is 5.75 Å². The lowest BCUT2D eigenvalue weighted by molar-refractivity contribution is -0.124. The van der Waals surface area contributed by atoms with E-state index in [2.05, 4.69) is 52.7 Å². The number of carbonyl (C=O) groups is 1. The summed E-state index contributed by atoms with van der Waals surface area (Å²) in [4.78, 5) is 12.3. The maximum Gasteiger partial charge on any atom is 0.264 e. The van der Waals surface area contributed by atoms with Crippen LogP contribution in [0.4, 0.5) is 0 Å². The summed E-state index contributed by atoms with van der Waals surface area (Å²) in [5.74, 6) is -0.211. The van der Waals surface area contributed by atoms with Crippen molar-refractivity contribution in [3.63, 3.8) is 0 Å². The van der Waals surface area contributed by atoms with Gasteiger partial charge in [0.15, 0.2) is 0 Å². The van der Waals surface area contributed by atoms with Crippen LogP contribution in [0.3, 0.4) is 0 Å². The first-order valence-corrected chi connectivity index (χ1v) is 8.87. The van der Waals surface area contributed by atoms with Gasteiger partial charge in [-0.15, -0.1) is 5.10 Å². The molecule has 0 saturated carbocycles. The molecule has 2 aromatic carbocycles. The Bertz CT molecular complexity index is 947. The summed E-state index contributed by atoms with van der Waals surface area (Å²) >= 11 is 6.49. The number of phenols is 1. The third-order valence-corrected chi connectivity index (χ3v) is 4.76. The molecule has 0 aliphatic rings. The largest absolute Gasteiger partial charge is 0.506 e. The monoisotopic (exact) mass is 465 g/mol. The highest BCUT2D eigenvalue weighted by molar-refractivity contribution is 9.11. The Morgan fingerprint density at radius 3 is 2.72 bits per heavy atom. The van der Waals surface area contributed by atoms with Crippen molar-refractivity contribution in [1.82, 2.24) is 20.4 Å². The van der Waals surface area contributed by atoms with E-state index in [0.29, 0.717) is 14.5 Å². The van der Waals surface area contributed by atoms with Gasteiger partial charge in [-0.1, -0.05) is 17.3 Å². The maximum absolute atomic E-state index is 12.3. The lowest BCUT2D eigenvalue weighted by Gasteiger charge is -2.10. The second-order valence-electron chi connectivity index (χ2n) is 5.27. The van der Waals surface area contributed by atoms with Crippen molar-refractivity contribution in [2.24, 2.45) is 5.10 Å². The van der Waals surface area contributed by atoms with Gasteiger partial charge in [-0.25, -0.2) is 10.1 Å². The van der Waals surface area contributed by atoms with Gasteiger partial charge in [0.2, 0.25) is 0 Å². The van der Waals surface area contributed by atoms with Crippen LogP contribution in [-0.2, 0) is 4.79 Å². The number of halogens is 2. The number of nitrogens with zero attached hydrogens (tertiary/aromatic N) is 4. The molecule has 0 aliphatic heterocycles. The molecule has 9 heteroatoms. The second-order valence-corrected chi connectivity index (χ2v) is 6.97. The van der Waals surface area contributed by atoms with Crippen LogP contribution < -0.4 is 5.43 Å². The fourth-order valence-corrected chi connectivity index (χ4v) is 3.43. The molecule has 0 aliphatic carbocycles. The molecule has 0 fully saturated rings. The average Bonchev–Trinajstić information content (AvgIpc) is 3.03. The zero-order valence-electron chi connectivity index (χ0n) is 13.0. The van der Waals surface area contributed by atoms with Crippen LogP contribution in [0.1, 0.15) is 18.5 Å². The topological polar surface area (TPSA) is 92.4 Å². The first-order chi connectivity index (χ1) is 12.0. The predicted molar refractivity (Wildman–Crippen MR) is 101 cm³/mol. The number of rotatable bonds is 4. The summed E-state index contributed by atoms with van der Waals surface area (Å²) in [5.41, 5.74) is 4.70. The number of aromatic hydroxyl groups is 1. The molecule has 25 heavy (non-hydrogen) atoms. The van der Waals surface area contributed by atoms with Crippen molar-refractivity contribution in [1.29, 1.82) is 0 Å². The molecule has 0 saturated heterocycles. The van der Waals surface area contributed by atoms with Crippen molar-refractivity contribution >= 4 is 55.0 Å². The molecule has 1 amide bonds. The molecule has 128 valence electrons. The van der Waals surface area contributed by atoms with Gasteiger partial charge in [0.05, 0.1) is 20.7 Å². The number of nitrogens with one attached hydrogen (secondary N) is 1. The Kier molecular flexibility index (Phi) is 5.14. The molecule has 0 unspecified atom stereocenters. The summed E-state index contributed by atoms with van der Waals surface area (Å²) in [5, 5.41) is 21.7. The Labute approximate surface area is 160 Å². The second kappa shape index (κ2) is 7.32. The Morgan fingerprint density at radius 2 is 2.00 bits per heavy atom. The van der Waals surface area contributed by atoms with E-state index in [-0.39, 0.29) is 11.7 Å². The molecule has 0 spiro atoms. The number of amides is 1. The number of aromatic nitrogens is 3. The van der Waals surface area contributed by atoms with E-state index >= 15 is 0 Å². The Morgan fingerprint density at radius 1 is 1.32 bits per heavy atom. The van der Waals surface area contributed by atoms with Crippen molar-refractivity contribution in [3.05, 3.63) is 50.9 Å². The summed E-state index contributed by atoms with van der Waals surface area (Å²) in [7, 11) is 0. The minimum absolute atomic E-state index is 0.105. The summed E-state index contributed by atoms with van der Waals surface area (Å²) in [6.07, 6.45) is 1.49. The number of hydrogen-bond donors (Lipinski definition) is 2. The molecule has 7 nitrogen and oxygen atoms in total. The number of benzene rings is 2. The van der Waals surface area contributed by atoms with Crippen molar-refractivity contribution < 1.29 is 9.90 Å². The number of hydrogen-bond acceptors (Lipinski definition) is 5. The molecule has 1 heterocycles. The van der Waals surface area contributed by atoms with Crippen molar-refractivity contribution in [2.75, 3.05) is 0 Å². The van der Waals surface area contributed by atoms with Gasteiger partial charge in [0.25, 0.3) is 5.91 Å². The van der Waals surface area contributed by atoms with E-state index in [1.54, 1.807) is 23.7 Å². The third-order valence-electron chi connectivity index (χ3n) is 3.55. The van der Waals surface area contributed by atoms with Crippen LogP contribution in [-0.4, -0.2) is 32.2 Å². The first-order valence-electron chi connectivity index (χ1n) is 7.28. The number of fused-ring (bicyclic) bond motifs is 1. The Balaban J connectivity index is 1.72. The molecular formula is C16H13Br2N5O2. The fraction of sp³-hybridized carbons (Fsp3) is 0.125. The lowest BCUT2D eigenvalue weighted by atomic mass is 10.2. The van der Waals surface area contributed by atoms with Crippen LogP contribution in [0.25, 0.3) is 11.0 Å². The highest BCUT2D eigenvalue weighted by Gasteiger charge is 2.18. The maximum atomic E-state index is 12.3. The van der Waals surface area contributed by atoms with Crippen LogP contribution >= 0.6 is 31.9 Å². The third kappa shape index (κ3) is 3.72. The molecule has 0 radical (unpaired) electrons. The van der Waals surface area contributed by atoms with Crippen LogP contribution in [0.15, 0.2) is 50.4 Å². The standard InChI is InChI=1S/C16H13Br2N5O2/c1-9(23-14-5-3-2-4-13(14)20-22-23)16(25)21-19-8-10-6-11(17)15(24)12(18)7-10/h2-9,24H,1H3,(H,21,25)/b19-8-/t9-/m1/s1. The molecule has 1 aromatic heterocycles. The quantitative estimate of drug-likeness (QED) is 0.455. The van der Waals surface area contributed by atoms with Crippen LogP contribution in [0, 0.1) is 0 Å². The molecule has 0 bridgehead atoms. The number of para-hydroxylation sites is 1. The normalized spacial score (nSPS) is 12.6. The van der Waals surface area contributed by atoms with Gasteiger partial charge in [0.1, 0.15) is 17.3 Å². The highest BCUT2D eigenvalue weighted by atomic mass is 79.9. The van der Waals surface area contributed by atoms with Gasteiger partial charge in [-0.2, -0.15) is 5.10 Å². The van der Waals surface area contributed by atoms with E-state index < -0.39 is 6.04 Å². The van der Waals surface area contributed by atoms with Gasteiger partial charge >= 0.3 is 0 Å². The minimum Gasteiger partial charge on any atom is -0.506 e. The number of carbonyl (C=O) groups excluding carboxylic acids is 1. The SMILES string of the molecule is C[C@H](C(=O)N/N=C\c1cc(Br)c(O)c(Br)c1)n1nnc2ccccc21. The molecule has 1 atom stereocenters. The zero-order valence-corrected chi connectivity index (χ0v) is 16.2. The number of phenolic OH excluding ortho intramolecular Hbond substituents is 1. The summed E-state index contributed by atoms with van der Waals surface area (Å²) in [6.45, 7) is 1.72. The van der Waals surface area contributed by atoms with Crippen molar-refractivity contribution in [2.45, 2.75) is 13.0 Å². The molecule has 3 rings (SSSR count). The smallest absolute Gasteiger partial charge is 0.264 e. The van der Waals surface area contributed by atoms with Crippen LogP contribution in [0.2, 0.25) is 0 Å². The van der Waals surface area contributed by atoms with Gasteiger partial charge in [0, 0.05) is 0 Å². The predicted octanol–water partition coefficient (Wildman–Crippen LogP) is 3.37. The number of hydrazone groups is 1. The molecular weight excluding hydrogens is 454 g/mol. The van der Waals surface area contributed by atoms with Crippen molar-refractivity contribution in [3.8, 4) is 5.75 Å². The summed E-state index contributed by atoms with van der Waals surface area (Å²) in [6, 6.07) is 10.2. The van der Waals surface area contributed by atoms with Gasteiger partial charge in [-0.05, 0) is 68.6 Å². The van der Waals surface area contributed by atoms with E-state index in [1.807, 2.05) is 24.3 Å². The first kappa shape index (κ1) is 17.6. The van der Waals surface area contributed by atoms with Gasteiger partial charge in [-0.3, -0.25) is 4.79 Å². The zero-order chi connectivity index (χ0) is 18.0. The Hall–Kier alpha value is -2.26. The van der Waals surface area contributed by atoms with E-state index in [9.17, 15) is 9.90 Å². The van der Waals surface area contributed by atoms with E-state index in [4.69, 9.17) is 0 Å². The van der Waals surface area contributed by atoms with E-state index in [1.165, 1.54) is 6.21 Å². The molecule has 2 N–H and O–H groups in total. The minimum atomic E-state index is -0.567. The average molecular weight is 467 g/mol. The summed E-state index contributed by atoms with van der Waals surface area (Å²) < 4.78 is 2.60.